The topological polar surface area (TPSA) is 51.9 Å². The number of aromatic nitrogens is 3. The Labute approximate surface area is 176 Å². The number of halogens is 1. The van der Waals surface area contributed by atoms with Crippen LogP contribution in [0.2, 0.25) is 5.02 Å². The van der Waals surface area contributed by atoms with Crippen LogP contribution in [0.1, 0.15) is 43.6 Å². The van der Waals surface area contributed by atoms with Gasteiger partial charge >= 0.3 is 0 Å². The summed E-state index contributed by atoms with van der Waals surface area (Å²) in [5.41, 5.74) is 5.73. The quantitative estimate of drug-likeness (QED) is 0.543. The first-order valence-electron chi connectivity index (χ1n) is 10.2. The molecule has 4 rings (SSSR count). The Morgan fingerprint density at radius 3 is 2.79 bits per heavy atom. The Hall–Kier alpha value is -2.31. The Balaban J connectivity index is 1.95. The molecular weight excluding hydrogens is 388 g/mol. The molecule has 2 aromatic heterocycles. The maximum atomic E-state index is 6.61. The average Bonchev–Trinajstić information content (AvgIpc) is 3.31. The van der Waals surface area contributed by atoms with E-state index in [1.807, 2.05) is 29.6 Å². The Morgan fingerprint density at radius 1 is 1.28 bits per heavy atom. The zero-order valence-corrected chi connectivity index (χ0v) is 18.2. The molecule has 1 aliphatic rings. The number of hydrogen-bond donors (Lipinski definition) is 0. The van der Waals surface area contributed by atoms with Crippen LogP contribution >= 0.6 is 11.6 Å². The molecule has 6 nitrogen and oxygen atoms in total. The average molecular weight is 415 g/mol. The van der Waals surface area contributed by atoms with Gasteiger partial charge in [-0.1, -0.05) is 24.9 Å². The van der Waals surface area contributed by atoms with Crippen molar-refractivity contribution in [3.05, 3.63) is 40.2 Å². The number of rotatable bonds is 7. The van der Waals surface area contributed by atoms with E-state index >= 15 is 0 Å². The summed E-state index contributed by atoms with van der Waals surface area (Å²) in [6, 6.07) is 5.73. The van der Waals surface area contributed by atoms with Crippen LogP contribution in [0.5, 0.6) is 5.75 Å². The lowest BCUT2D eigenvalue weighted by molar-refractivity contribution is 0.133. The lowest BCUT2D eigenvalue weighted by Crippen LogP contribution is -2.28. The fraction of sp³-hybridized carbons (Fsp3) is 0.455. The molecule has 7 heteroatoms. The minimum absolute atomic E-state index is 0.532. The third-order valence-corrected chi connectivity index (χ3v) is 5.80. The van der Waals surface area contributed by atoms with Crippen LogP contribution in [0, 0.1) is 6.92 Å². The number of methoxy groups -OCH3 is 1. The van der Waals surface area contributed by atoms with E-state index in [-0.39, 0.29) is 0 Å². The molecule has 0 spiro atoms. The SMILES string of the molecule is CCCCN(CC)c1c2c(nc3c(-c4ccc(OC)cc4Cl)c(C)nn13)COC2. The molecule has 0 unspecified atom stereocenters. The van der Waals surface area contributed by atoms with Crippen LogP contribution in [0.4, 0.5) is 5.82 Å². The summed E-state index contributed by atoms with van der Waals surface area (Å²) in [7, 11) is 1.64. The number of fused-ring (bicyclic) bond motifs is 2. The second-order valence-corrected chi connectivity index (χ2v) is 7.74. The second-order valence-electron chi connectivity index (χ2n) is 7.33. The molecule has 1 aliphatic heterocycles. The summed E-state index contributed by atoms with van der Waals surface area (Å²) in [5, 5.41) is 5.52. The van der Waals surface area contributed by atoms with Gasteiger partial charge in [-0.25, -0.2) is 4.98 Å². The summed E-state index contributed by atoms with van der Waals surface area (Å²) < 4.78 is 13.0. The standard InChI is InChI=1S/C22H27ClN4O2/c1-5-7-10-26(6-2)22-17-12-29-13-19(17)24-21-20(14(3)25-27(21)22)16-9-8-15(28-4)11-18(16)23/h8-9,11H,5-7,10,12-13H2,1-4H3. The molecule has 1 aromatic carbocycles. The van der Waals surface area contributed by atoms with Crippen LogP contribution in [-0.2, 0) is 18.0 Å². The number of anilines is 1. The Bertz CT molecular complexity index is 1050. The number of benzene rings is 1. The highest BCUT2D eigenvalue weighted by Gasteiger charge is 2.27. The lowest BCUT2D eigenvalue weighted by atomic mass is 10.1. The first-order valence-corrected chi connectivity index (χ1v) is 10.5. The minimum Gasteiger partial charge on any atom is -0.497 e. The van der Waals surface area contributed by atoms with Gasteiger partial charge in [0, 0.05) is 24.2 Å². The van der Waals surface area contributed by atoms with Gasteiger partial charge in [0.25, 0.3) is 0 Å². The molecule has 154 valence electrons. The van der Waals surface area contributed by atoms with Crippen molar-refractivity contribution in [2.75, 3.05) is 25.1 Å². The summed E-state index contributed by atoms with van der Waals surface area (Å²) in [5.74, 6) is 1.82. The molecule has 0 atom stereocenters. The highest BCUT2D eigenvalue weighted by Crippen LogP contribution is 2.38. The zero-order chi connectivity index (χ0) is 20.5. The first-order chi connectivity index (χ1) is 14.1. The molecule has 0 saturated carbocycles. The largest absolute Gasteiger partial charge is 0.497 e. The third kappa shape index (κ3) is 3.45. The van der Waals surface area contributed by atoms with Gasteiger partial charge in [0.2, 0.25) is 0 Å². The summed E-state index contributed by atoms with van der Waals surface area (Å²) in [4.78, 5) is 7.34. The maximum Gasteiger partial charge on any atom is 0.165 e. The molecule has 0 N–H and O–H groups in total. The summed E-state index contributed by atoms with van der Waals surface area (Å²) in [6.45, 7) is 9.41. The Kier molecular flexibility index (Phi) is 5.65. The van der Waals surface area contributed by atoms with Crippen LogP contribution in [0.3, 0.4) is 0 Å². The van der Waals surface area contributed by atoms with E-state index in [0.29, 0.717) is 18.2 Å². The van der Waals surface area contributed by atoms with Crippen molar-refractivity contribution >= 4 is 23.1 Å². The van der Waals surface area contributed by atoms with E-state index in [0.717, 1.165) is 71.2 Å². The van der Waals surface area contributed by atoms with Crippen molar-refractivity contribution in [1.82, 2.24) is 14.6 Å². The van der Waals surface area contributed by atoms with Crippen molar-refractivity contribution in [3.8, 4) is 16.9 Å². The van der Waals surface area contributed by atoms with Crippen molar-refractivity contribution in [2.24, 2.45) is 0 Å². The van der Waals surface area contributed by atoms with Gasteiger partial charge in [-0.2, -0.15) is 9.61 Å². The van der Waals surface area contributed by atoms with Crippen molar-refractivity contribution in [3.63, 3.8) is 0 Å². The lowest BCUT2D eigenvalue weighted by Gasteiger charge is -2.25. The fourth-order valence-corrected chi connectivity index (χ4v) is 4.23. The van der Waals surface area contributed by atoms with E-state index in [4.69, 9.17) is 31.2 Å². The summed E-state index contributed by atoms with van der Waals surface area (Å²) in [6.07, 6.45) is 2.28. The highest BCUT2D eigenvalue weighted by atomic mass is 35.5. The highest BCUT2D eigenvalue weighted by molar-refractivity contribution is 6.33. The predicted octanol–water partition coefficient (Wildman–Crippen LogP) is 5.02. The number of ether oxygens (including phenoxy) is 2. The molecular formula is C22H27ClN4O2. The first kappa shape index (κ1) is 20.0. The molecule has 3 heterocycles. The van der Waals surface area contributed by atoms with Crippen LogP contribution < -0.4 is 9.64 Å². The molecule has 0 fully saturated rings. The van der Waals surface area contributed by atoms with Gasteiger partial charge in [0.15, 0.2) is 5.65 Å². The molecule has 0 radical (unpaired) electrons. The molecule has 0 aliphatic carbocycles. The smallest absolute Gasteiger partial charge is 0.165 e. The van der Waals surface area contributed by atoms with Gasteiger partial charge < -0.3 is 14.4 Å². The van der Waals surface area contributed by atoms with Gasteiger partial charge in [0.1, 0.15) is 11.6 Å². The van der Waals surface area contributed by atoms with Crippen molar-refractivity contribution in [1.29, 1.82) is 0 Å². The van der Waals surface area contributed by atoms with Crippen LogP contribution in [0.15, 0.2) is 18.2 Å². The predicted molar refractivity (Wildman–Crippen MR) is 116 cm³/mol. The van der Waals surface area contributed by atoms with Gasteiger partial charge in [0.05, 0.1) is 42.3 Å². The van der Waals surface area contributed by atoms with Crippen molar-refractivity contribution < 1.29 is 9.47 Å². The number of unbranched alkanes of at least 4 members (excludes halogenated alkanes) is 1. The second kappa shape index (κ2) is 8.20. The zero-order valence-electron chi connectivity index (χ0n) is 17.5. The van der Waals surface area contributed by atoms with Gasteiger partial charge in [-0.05, 0) is 38.5 Å². The maximum absolute atomic E-state index is 6.61. The molecule has 0 amide bonds. The van der Waals surface area contributed by atoms with Crippen LogP contribution in [-0.4, -0.2) is 34.8 Å². The number of hydrogen-bond acceptors (Lipinski definition) is 5. The molecule has 3 aromatic rings. The van der Waals surface area contributed by atoms with Crippen LogP contribution in [0.25, 0.3) is 16.8 Å². The summed E-state index contributed by atoms with van der Waals surface area (Å²) >= 11 is 6.61. The van der Waals surface area contributed by atoms with E-state index in [1.165, 1.54) is 0 Å². The molecule has 29 heavy (non-hydrogen) atoms. The van der Waals surface area contributed by atoms with E-state index in [1.54, 1.807) is 7.11 Å². The normalized spacial score (nSPS) is 13.1. The van der Waals surface area contributed by atoms with E-state index in [2.05, 4.69) is 18.7 Å². The van der Waals surface area contributed by atoms with E-state index < -0.39 is 0 Å². The van der Waals surface area contributed by atoms with Gasteiger partial charge in [-0.15, -0.1) is 0 Å². The number of aryl methyl sites for hydroxylation is 1. The molecule has 0 bridgehead atoms. The monoisotopic (exact) mass is 414 g/mol. The van der Waals surface area contributed by atoms with Gasteiger partial charge in [-0.3, -0.25) is 0 Å². The minimum atomic E-state index is 0.532. The Morgan fingerprint density at radius 2 is 2.10 bits per heavy atom. The third-order valence-electron chi connectivity index (χ3n) is 5.49. The fourth-order valence-electron chi connectivity index (χ4n) is 3.96. The van der Waals surface area contributed by atoms with E-state index in [9.17, 15) is 0 Å². The van der Waals surface area contributed by atoms with Crippen molar-refractivity contribution in [2.45, 2.75) is 46.8 Å². The number of nitrogens with zero attached hydrogens (tertiary/aromatic N) is 4. The molecule has 0 saturated heterocycles.